The highest BCUT2D eigenvalue weighted by atomic mass is 16.5. The zero-order valence-corrected chi connectivity index (χ0v) is 9.12. The zero-order chi connectivity index (χ0) is 11.2. The molecular formula is C9H16N6O. The van der Waals surface area contributed by atoms with E-state index in [1.54, 1.807) is 11.0 Å². The van der Waals surface area contributed by atoms with Crippen LogP contribution in [-0.2, 0) is 11.3 Å². The summed E-state index contributed by atoms with van der Waals surface area (Å²) in [4.78, 5) is 10.2. The average Bonchev–Trinajstić information content (AvgIpc) is 2.83. The summed E-state index contributed by atoms with van der Waals surface area (Å²) in [6.07, 6.45) is 3.18. The van der Waals surface area contributed by atoms with Gasteiger partial charge in [0.15, 0.2) is 5.96 Å². The van der Waals surface area contributed by atoms with Crippen molar-refractivity contribution in [2.45, 2.75) is 6.54 Å². The molecule has 0 radical (unpaired) electrons. The Morgan fingerprint density at radius 3 is 2.94 bits per heavy atom. The Balaban J connectivity index is 1.77. The predicted molar refractivity (Wildman–Crippen MR) is 58.9 cm³/mol. The summed E-state index contributed by atoms with van der Waals surface area (Å²) in [7, 11) is 0. The smallest absolute Gasteiger partial charge is 0.191 e. The topological polar surface area (TPSA) is 81.6 Å². The largest absolute Gasteiger partial charge is 0.378 e. The molecule has 2 rings (SSSR count). The lowest BCUT2D eigenvalue weighted by Gasteiger charge is -2.27. The number of guanidine groups is 1. The number of nitrogens with zero attached hydrogens (tertiary/aromatic N) is 5. The number of aliphatic imine (C=N–C) groups is 1. The molecule has 2 heterocycles. The lowest BCUT2D eigenvalue weighted by atomic mass is 10.4. The summed E-state index contributed by atoms with van der Waals surface area (Å²) in [5, 5.41) is 3.99. The van der Waals surface area contributed by atoms with E-state index in [-0.39, 0.29) is 0 Å². The third-order valence-corrected chi connectivity index (χ3v) is 2.40. The van der Waals surface area contributed by atoms with Crippen molar-refractivity contribution in [1.29, 1.82) is 0 Å². The molecule has 88 valence electrons. The molecule has 0 unspecified atom stereocenters. The molecule has 2 N–H and O–H groups in total. The quantitative estimate of drug-likeness (QED) is 0.522. The standard InChI is InChI=1S/C9H16N6O/c10-9(14-3-5-16-6-4-14)12-1-2-15-8-11-7-13-15/h7-8H,1-6H2,(H2,10,12). The average molecular weight is 224 g/mol. The number of nitrogens with two attached hydrogens (primary N) is 1. The molecule has 1 aromatic rings. The molecule has 0 aromatic carbocycles. The van der Waals surface area contributed by atoms with E-state index < -0.39 is 0 Å². The van der Waals surface area contributed by atoms with E-state index in [1.165, 1.54) is 6.33 Å². The molecule has 1 fully saturated rings. The van der Waals surface area contributed by atoms with Gasteiger partial charge in [-0.3, -0.25) is 9.67 Å². The molecule has 7 nitrogen and oxygen atoms in total. The number of hydrogen-bond donors (Lipinski definition) is 1. The van der Waals surface area contributed by atoms with Gasteiger partial charge in [0.25, 0.3) is 0 Å². The molecule has 0 bridgehead atoms. The normalized spacial score (nSPS) is 17.8. The van der Waals surface area contributed by atoms with E-state index >= 15 is 0 Å². The maximum Gasteiger partial charge on any atom is 0.191 e. The third kappa shape index (κ3) is 2.93. The van der Waals surface area contributed by atoms with Crippen LogP contribution in [0.3, 0.4) is 0 Å². The molecule has 0 spiro atoms. The third-order valence-electron chi connectivity index (χ3n) is 2.40. The van der Waals surface area contributed by atoms with Gasteiger partial charge < -0.3 is 15.4 Å². The number of ether oxygens (including phenoxy) is 1. The Kier molecular flexibility index (Phi) is 3.71. The van der Waals surface area contributed by atoms with Crippen LogP contribution in [0.1, 0.15) is 0 Å². The fourth-order valence-electron chi connectivity index (χ4n) is 1.51. The molecule has 1 aliphatic rings. The molecule has 0 atom stereocenters. The minimum absolute atomic E-state index is 0.586. The van der Waals surface area contributed by atoms with E-state index in [4.69, 9.17) is 10.5 Å². The number of morpholine rings is 1. The summed E-state index contributed by atoms with van der Waals surface area (Å²) >= 11 is 0. The highest BCUT2D eigenvalue weighted by molar-refractivity contribution is 5.78. The minimum Gasteiger partial charge on any atom is -0.378 e. The van der Waals surface area contributed by atoms with E-state index in [0.717, 1.165) is 26.3 Å². The summed E-state index contributed by atoms with van der Waals surface area (Å²) in [5.41, 5.74) is 5.86. The second-order valence-electron chi connectivity index (χ2n) is 3.50. The molecule has 16 heavy (non-hydrogen) atoms. The van der Waals surface area contributed by atoms with Crippen LogP contribution in [0.4, 0.5) is 0 Å². The molecule has 0 amide bonds. The Hall–Kier alpha value is -1.63. The van der Waals surface area contributed by atoms with Crippen molar-refractivity contribution in [3.63, 3.8) is 0 Å². The first kappa shape index (κ1) is 10.9. The second kappa shape index (κ2) is 5.45. The summed E-state index contributed by atoms with van der Waals surface area (Å²) in [5.74, 6) is 0.586. The van der Waals surface area contributed by atoms with Crippen molar-refractivity contribution in [3.8, 4) is 0 Å². The first-order valence-electron chi connectivity index (χ1n) is 5.31. The van der Waals surface area contributed by atoms with Gasteiger partial charge in [-0.25, -0.2) is 4.98 Å². The predicted octanol–water partition coefficient (Wildman–Crippen LogP) is -1.07. The Morgan fingerprint density at radius 2 is 2.25 bits per heavy atom. The van der Waals surface area contributed by atoms with Gasteiger partial charge in [0.05, 0.1) is 26.3 Å². The van der Waals surface area contributed by atoms with Crippen LogP contribution in [0.2, 0.25) is 0 Å². The van der Waals surface area contributed by atoms with Gasteiger partial charge >= 0.3 is 0 Å². The first-order valence-corrected chi connectivity index (χ1v) is 5.31. The second-order valence-corrected chi connectivity index (χ2v) is 3.50. The monoisotopic (exact) mass is 224 g/mol. The number of hydrogen-bond acceptors (Lipinski definition) is 4. The highest BCUT2D eigenvalue weighted by Crippen LogP contribution is 1.96. The summed E-state index contributed by atoms with van der Waals surface area (Å²) in [6, 6.07) is 0. The van der Waals surface area contributed by atoms with Crippen LogP contribution in [0.25, 0.3) is 0 Å². The Bertz CT molecular complexity index is 330. The van der Waals surface area contributed by atoms with Crippen molar-refractivity contribution in [2.75, 3.05) is 32.8 Å². The fourth-order valence-corrected chi connectivity index (χ4v) is 1.51. The molecule has 0 aliphatic carbocycles. The SMILES string of the molecule is NC(=NCCn1cncn1)N1CCOCC1. The maximum absolute atomic E-state index is 5.86. The van der Waals surface area contributed by atoms with Gasteiger partial charge in [-0.2, -0.15) is 5.10 Å². The van der Waals surface area contributed by atoms with E-state index in [2.05, 4.69) is 15.1 Å². The lowest BCUT2D eigenvalue weighted by Crippen LogP contribution is -2.44. The van der Waals surface area contributed by atoms with Crippen molar-refractivity contribution in [3.05, 3.63) is 12.7 Å². The molecule has 1 saturated heterocycles. The van der Waals surface area contributed by atoms with Crippen LogP contribution in [-0.4, -0.2) is 58.5 Å². The van der Waals surface area contributed by atoms with Crippen LogP contribution < -0.4 is 5.73 Å². The van der Waals surface area contributed by atoms with E-state index in [1.807, 2.05) is 4.90 Å². The van der Waals surface area contributed by atoms with E-state index in [9.17, 15) is 0 Å². The lowest BCUT2D eigenvalue weighted by molar-refractivity contribution is 0.0674. The highest BCUT2D eigenvalue weighted by Gasteiger charge is 2.11. The van der Waals surface area contributed by atoms with Crippen LogP contribution in [0.15, 0.2) is 17.6 Å². The summed E-state index contributed by atoms with van der Waals surface area (Å²) in [6.45, 7) is 4.40. The zero-order valence-electron chi connectivity index (χ0n) is 9.12. The number of aromatic nitrogens is 3. The van der Waals surface area contributed by atoms with Gasteiger partial charge in [0.2, 0.25) is 0 Å². The van der Waals surface area contributed by atoms with Crippen LogP contribution in [0, 0.1) is 0 Å². The van der Waals surface area contributed by atoms with Crippen LogP contribution in [0.5, 0.6) is 0 Å². The van der Waals surface area contributed by atoms with Crippen molar-refractivity contribution in [1.82, 2.24) is 19.7 Å². The van der Waals surface area contributed by atoms with Gasteiger partial charge in [-0.05, 0) is 0 Å². The van der Waals surface area contributed by atoms with Gasteiger partial charge in [0, 0.05) is 13.1 Å². The molecule has 1 aliphatic heterocycles. The Morgan fingerprint density at radius 1 is 1.44 bits per heavy atom. The first-order chi connectivity index (χ1) is 7.86. The molecule has 0 saturated carbocycles. The molecule has 1 aromatic heterocycles. The maximum atomic E-state index is 5.86. The Labute approximate surface area is 93.9 Å². The minimum atomic E-state index is 0.586. The van der Waals surface area contributed by atoms with Crippen LogP contribution >= 0.6 is 0 Å². The van der Waals surface area contributed by atoms with Gasteiger partial charge in [-0.15, -0.1) is 0 Å². The van der Waals surface area contributed by atoms with E-state index in [0.29, 0.717) is 19.0 Å². The fraction of sp³-hybridized carbons (Fsp3) is 0.667. The molecule has 7 heteroatoms. The van der Waals surface area contributed by atoms with Gasteiger partial charge in [0.1, 0.15) is 12.7 Å². The molecular weight excluding hydrogens is 208 g/mol. The van der Waals surface area contributed by atoms with Crippen molar-refractivity contribution < 1.29 is 4.74 Å². The van der Waals surface area contributed by atoms with Crippen molar-refractivity contribution in [2.24, 2.45) is 10.7 Å². The number of rotatable bonds is 3. The summed E-state index contributed by atoms with van der Waals surface area (Å²) < 4.78 is 6.97. The van der Waals surface area contributed by atoms with Gasteiger partial charge in [-0.1, -0.05) is 0 Å². The van der Waals surface area contributed by atoms with Crippen molar-refractivity contribution >= 4 is 5.96 Å².